The van der Waals surface area contributed by atoms with Gasteiger partial charge in [0.25, 0.3) is 0 Å². The number of pyridine rings is 1. The van der Waals surface area contributed by atoms with Crippen molar-refractivity contribution in [3.05, 3.63) is 42.2 Å². The molecule has 0 aliphatic rings. The number of amides is 1. The molecule has 0 radical (unpaired) electrons. The predicted octanol–water partition coefficient (Wildman–Crippen LogP) is 2.63. The normalized spacial score (nSPS) is 11.6. The number of benzene rings is 1. The molecule has 2 aromatic rings. The van der Waals surface area contributed by atoms with Gasteiger partial charge in [-0.05, 0) is 43.9 Å². The molecule has 2 rings (SSSR count). The van der Waals surface area contributed by atoms with Crippen molar-refractivity contribution in [1.29, 1.82) is 0 Å². The number of carbonyl (C=O) groups excluding carboxylic acids is 1. The van der Waals surface area contributed by atoms with Gasteiger partial charge in [-0.1, -0.05) is 12.1 Å². The van der Waals surface area contributed by atoms with Crippen LogP contribution >= 0.6 is 0 Å². The summed E-state index contributed by atoms with van der Waals surface area (Å²) in [5.74, 6) is 0.0829. The zero-order chi connectivity index (χ0) is 15.3. The van der Waals surface area contributed by atoms with Crippen LogP contribution in [0.1, 0.15) is 32.8 Å². The molecule has 4 heteroatoms. The van der Waals surface area contributed by atoms with Crippen LogP contribution < -0.4 is 10.6 Å². The average molecular weight is 285 g/mol. The SMILES string of the molecule is CC(C)(C)NC(=O)CCNCc1ccc2cnccc2c1. The van der Waals surface area contributed by atoms with E-state index in [4.69, 9.17) is 0 Å². The van der Waals surface area contributed by atoms with Gasteiger partial charge >= 0.3 is 0 Å². The summed E-state index contributed by atoms with van der Waals surface area (Å²) < 4.78 is 0. The van der Waals surface area contributed by atoms with E-state index < -0.39 is 0 Å². The Hall–Kier alpha value is -1.94. The molecule has 21 heavy (non-hydrogen) atoms. The molecule has 0 aliphatic carbocycles. The standard InChI is InChI=1S/C17H23N3O/c1-17(2,3)20-16(21)7-9-18-11-13-4-5-15-12-19-8-6-14(15)10-13/h4-6,8,10,12,18H,7,9,11H2,1-3H3,(H,20,21). The highest BCUT2D eigenvalue weighted by atomic mass is 16.1. The van der Waals surface area contributed by atoms with E-state index in [9.17, 15) is 4.79 Å². The molecule has 1 heterocycles. The van der Waals surface area contributed by atoms with Crippen molar-refractivity contribution in [3.63, 3.8) is 0 Å². The summed E-state index contributed by atoms with van der Waals surface area (Å²) in [5, 5.41) is 8.60. The fourth-order valence-electron chi connectivity index (χ4n) is 2.16. The van der Waals surface area contributed by atoms with Crippen LogP contribution in [-0.4, -0.2) is 23.0 Å². The second-order valence-electron chi connectivity index (χ2n) is 6.28. The third kappa shape index (κ3) is 5.16. The van der Waals surface area contributed by atoms with Gasteiger partial charge in [0.1, 0.15) is 0 Å². The van der Waals surface area contributed by atoms with Gasteiger partial charge in [0, 0.05) is 42.8 Å². The molecule has 0 saturated heterocycles. The van der Waals surface area contributed by atoms with Gasteiger partial charge < -0.3 is 10.6 Å². The minimum Gasteiger partial charge on any atom is -0.351 e. The van der Waals surface area contributed by atoms with Crippen molar-refractivity contribution in [2.75, 3.05) is 6.54 Å². The first-order valence-corrected chi connectivity index (χ1v) is 7.28. The van der Waals surface area contributed by atoms with Gasteiger partial charge in [0.2, 0.25) is 5.91 Å². The molecule has 0 atom stereocenters. The van der Waals surface area contributed by atoms with Crippen molar-refractivity contribution < 1.29 is 4.79 Å². The minimum absolute atomic E-state index is 0.0829. The lowest BCUT2D eigenvalue weighted by atomic mass is 10.1. The number of hydrogen-bond acceptors (Lipinski definition) is 3. The molecule has 0 saturated carbocycles. The van der Waals surface area contributed by atoms with E-state index in [0.717, 1.165) is 11.9 Å². The van der Waals surface area contributed by atoms with Crippen LogP contribution in [0, 0.1) is 0 Å². The number of fused-ring (bicyclic) bond motifs is 1. The van der Waals surface area contributed by atoms with Crippen molar-refractivity contribution in [1.82, 2.24) is 15.6 Å². The van der Waals surface area contributed by atoms with Crippen LogP contribution in [-0.2, 0) is 11.3 Å². The number of nitrogens with one attached hydrogen (secondary N) is 2. The highest BCUT2D eigenvalue weighted by Gasteiger charge is 2.12. The Morgan fingerprint density at radius 3 is 2.76 bits per heavy atom. The van der Waals surface area contributed by atoms with Crippen molar-refractivity contribution in [3.8, 4) is 0 Å². The molecule has 112 valence electrons. The maximum atomic E-state index is 11.7. The smallest absolute Gasteiger partial charge is 0.221 e. The Bertz CT molecular complexity index is 617. The predicted molar refractivity (Wildman–Crippen MR) is 86.0 cm³/mol. The van der Waals surface area contributed by atoms with Crippen LogP contribution in [0.2, 0.25) is 0 Å². The van der Waals surface area contributed by atoms with Crippen LogP contribution in [0.25, 0.3) is 10.8 Å². The van der Waals surface area contributed by atoms with E-state index in [2.05, 4.69) is 33.8 Å². The maximum Gasteiger partial charge on any atom is 0.221 e. The highest BCUT2D eigenvalue weighted by Crippen LogP contribution is 2.14. The maximum absolute atomic E-state index is 11.7. The first-order chi connectivity index (χ1) is 9.94. The summed E-state index contributed by atoms with van der Waals surface area (Å²) in [6.45, 7) is 7.41. The molecule has 0 spiro atoms. The van der Waals surface area contributed by atoms with E-state index >= 15 is 0 Å². The fourth-order valence-corrected chi connectivity index (χ4v) is 2.16. The lowest BCUT2D eigenvalue weighted by molar-refractivity contribution is -0.122. The van der Waals surface area contributed by atoms with Gasteiger partial charge in [-0.3, -0.25) is 9.78 Å². The summed E-state index contributed by atoms with van der Waals surface area (Å²) in [4.78, 5) is 15.8. The molecule has 0 aliphatic heterocycles. The molecule has 0 unspecified atom stereocenters. The summed E-state index contributed by atoms with van der Waals surface area (Å²) in [7, 11) is 0. The van der Waals surface area contributed by atoms with Crippen molar-refractivity contribution in [2.24, 2.45) is 0 Å². The zero-order valence-electron chi connectivity index (χ0n) is 12.9. The molecular formula is C17H23N3O. The van der Waals surface area contributed by atoms with Crippen LogP contribution in [0.3, 0.4) is 0 Å². The summed E-state index contributed by atoms with van der Waals surface area (Å²) >= 11 is 0. The highest BCUT2D eigenvalue weighted by molar-refractivity contribution is 5.82. The Labute approximate surface area is 126 Å². The van der Waals surface area contributed by atoms with Gasteiger partial charge in [-0.2, -0.15) is 0 Å². The second-order valence-corrected chi connectivity index (χ2v) is 6.28. The average Bonchev–Trinajstić information content (AvgIpc) is 2.41. The van der Waals surface area contributed by atoms with Gasteiger partial charge in [-0.15, -0.1) is 0 Å². The topological polar surface area (TPSA) is 54.0 Å². The van der Waals surface area contributed by atoms with Crippen LogP contribution in [0.4, 0.5) is 0 Å². The molecule has 1 aromatic heterocycles. The van der Waals surface area contributed by atoms with E-state index in [1.807, 2.05) is 33.0 Å². The number of nitrogens with zero attached hydrogens (tertiary/aromatic N) is 1. The summed E-state index contributed by atoms with van der Waals surface area (Å²) in [6, 6.07) is 8.33. The molecule has 0 bridgehead atoms. The Morgan fingerprint density at radius 2 is 2.00 bits per heavy atom. The van der Waals surface area contributed by atoms with Crippen molar-refractivity contribution >= 4 is 16.7 Å². The Kier molecular flexibility index (Phi) is 4.91. The first kappa shape index (κ1) is 15.4. The zero-order valence-corrected chi connectivity index (χ0v) is 12.9. The lowest BCUT2D eigenvalue weighted by Gasteiger charge is -2.20. The number of rotatable bonds is 5. The Morgan fingerprint density at radius 1 is 1.19 bits per heavy atom. The Balaban J connectivity index is 1.79. The number of aromatic nitrogens is 1. The van der Waals surface area contributed by atoms with E-state index in [0.29, 0.717) is 13.0 Å². The minimum atomic E-state index is -0.163. The van der Waals surface area contributed by atoms with E-state index in [-0.39, 0.29) is 11.4 Å². The van der Waals surface area contributed by atoms with Gasteiger partial charge in [-0.25, -0.2) is 0 Å². The van der Waals surface area contributed by atoms with Crippen molar-refractivity contribution in [2.45, 2.75) is 39.3 Å². The third-order valence-electron chi connectivity index (χ3n) is 3.08. The molecule has 0 fully saturated rings. The lowest BCUT2D eigenvalue weighted by Crippen LogP contribution is -2.41. The fraction of sp³-hybridized carbons (Fsp3) is 0.412. The third-order valence-corrected chi connectivity index (χ3v) is 3.08. The van der Waals surface area contributed by atoms with E-state index in [1.54, 1.807) is 6.20 Å². The van der Waals surface area contributed by atoms with Gasteiger partial charge in [0.05, 0.1) is 0 Å². The molecule has 2 N–H and O–H groups in total. The molecule has 4 nitrogen and oxygen atoms in total. The van der Waals surface area contributed by atoms with Gasteiger partial charge in [0.15, 0.2) is 0 Å². The number of carbonyl (C=O) groups is 1. The largest absolute Gasteiger partial charge is 0.351 e. The monoisotopic (exact) mass is 285 g/mol. The van der Waals surface area contributed by atoms with E-state index in [1.165, 1.54) is 10.9 Å². The second kappa shape index (κ2) is 6.68. The molecular weight excluding hydrogens is 262 g/mol. The summed E-state index contributed by atoms with van der Waals surface area (Å²) in [5.41, 5.74) is 1.05. The van der Waals surface area contributed by atoms with Crippen LogP contribution in [0.5, 0.6) is 0 Å². The van der Waals surface area contributed by atoms with Crippen LogP contribution in [0.15, 0.2) is 36.7 Å². The first-order valence-electron chi connectivity index (χ1n) is 7.28. The molecule has 1 aromatic carbocycles. The summed E-state index contributed by atoms with van der Waals surface area (Å²) in [6.07, 6.45) is 4.16. The quantitative estimate of drug-likeness (QED) is 0.830. The molecule has 1 amide bonds. The number of hydrogen-bond donors (Lipinski definition) is 2.